The van der Waals surface area contributed by atoms with Crippen LogP contribution in [0.25, 0.3) is 28.0 Å². The highest BCUT2D eigenvalue weighted by Crippen LogP contribution is 2.34. The fourth-order valence-corrected chi connectivity index (χ4v) is 5.33. The molecular weight excluding hydrogens is 584 g/mol. The SMILES string of the molecule is C=C.NC(CF)=NCCCNCc1ccc(-n2cc3cc(-c4cc(CCCC(N)C5CC5)cc(Cl)c4F)[nH]c3nc2=O)cc1. The molecule has 0 amide bonds. The summed E-state index contributed by atoms with van der Waals surface area (Å²) in [4.78, 5) is 24.1. The van der Waals surface area contributed by atoms with E-state index in [0.717, 1.165) is 36.8 Å². The van der Waals surface area contributed by atoms with E-state index in [-0.39, 0.29) is 16.9 Å². The van der Waals surface area contributed by atoms with Gasteiger partial charge in [-0.2, -0.15) is 4.98 Å². The molecule has 2 heterocycles. The second kappa shape index (κ2) is 15.7. The molecule has 6 N–H and O–H groups in total. The Morgan fingerprint density at radius 3 is 2.64 bits per heavy atom. The number of rotatable bonds is 14. The van der Waals surface area contributed by atoms with Crippen molar-refractivity contribution in [2.24, 2.45) is 22.4 Å². The predicted octanol–water partition coefficient (Wildman–Crippen LogP) is 5.84. The van der Waals surface area contributed by atoms with Gasteiger partial charge in [0.05, 0.1) is 16.4 Å². The van der Waals surface area contributed by atoms with E-state index < -0.39 is 18.2 Å². The first-order valence-corrected chi connectivity index (χ1v) is 15.2. The number of alkyl halides is 1. The van der Waals surface area contributed by atoms with E-state index in [0.29, 0.717) is 53.5 Å². The van der Waals surface area contributed by atoms with Crippen molar-refractivity contribution in [1.29, 1.82) is 0 Å². The van der Waals surface area contributed by atoms with E-state index in [1.807, 2.05) is 24.3 Å². The number of amidine groups is 1. The molecule has 234 valence electrons. The average Bonchev–Trinajstić information content (AvgIpc) is 3.81. The molecule has 4 aromatic rings. The number of H-pyrrole nitrogens is 1. The summed E-state index contributed by atoms with van der Waals surface area (Å²) >= 11 is 6.27. The smallest absolute Gasteiger partial charge is 0.354 e. The summed E-state index contributed by atoms with van der Waals surface area (Å²) in [6.45, 7) is 7.09. The Bertz CT molecular complexity index is 1630. The Hall–Kier alpha value is -3.86. The van der Waals surface area contributed by atoms with Gasteiger partial charge in [-0.1, -0.05) is 23.7 Å². The summed E-state index contributed by atoms with van der Waals surface area (Å²) in [5, 5.41) is 4.04. The van der Waals surface area contributed by atoms with Crippen molar-refractivity contribution in [2.45, 2.75) is 51.1 Å². The Kier molecular flexibility index (Phi) is 11.8. The van der Waals surface area contributed by atoms with Gasteiger partial charge >= 0.3 is 5.69 Å². The van der Waals surface area contributed by atoms with Crippen molar-refractivity contribution in [2.75, 3.05) is 19.8 Å². The molecule has 8 nitrogen and oxygen atoms in total. The van der Waals surface area contributed by atoms with Gasteiger partial charge in [-0.15, -0.1) is 13.2 Å². The molecule has 0 saturated heterocycles. The zero-order valence-electron chi connectivity index (χ0n) is 24.8. The standard InChI is InChI=1S/C31H36ClF2N7O.C2H4/c32-25-14-20(3-1-4-26(35)21-7-8-21)13-24(29(25)34)27-15-22-18-41(31(42)40-30(22)39-27)23-9-5-19(6-10-23)17-37-11-2-12-38-28(36)16-33;1-2/h5-6,9-10,13-15,18,21,26,37H,1-4,7-8,11-12,16-17,35H2,(H2,36,38)(H,39,40,42);1-2H2. The number of aliphatic imine (C=N–C) groups is 1. The minimum Gasteiger partial charge on any atom is -0.385 e. The lowest BCUT2D eigenvalue weighted by Crippen LogP contribution is -2.22. The first-order chi connectivity index (χ1) is 21.3. The Labute approximate surface area is 261 Å². The highest BCUT2D eigenvalue weighted by atomic mass is 35.5. The number of aromatic amines is 1. The van der Waals surface area contributed by atoms with Crippen LogP contribution in [0.1, 0.15) is 43.2 Å². The molecule has 44 heavy (non-hydrogen) atoms. The quantitative estimate of drug-likeness (QED) is 0.0607. The van der Waals surface area contributed by atoms with Gasteiger partial charge < -0.3 is 21.8 Å². The third kappa shape index (κ3) is 8.62. The monoisotopic (exact) mass is 623 g/mol. The first-order valence-electron chi connectivity index (χ1n) is 14.8. The Morgan fingerprint density at radius 1 is 1.18 bits per heavy atom. The molecule has 1 fully saturated rings. The van der Waals surface area contributed by atoms with Crippen LogP contribution in [-0.2, 0) is 13.0 Å². The first kappa shape index (κ1) is 33.0. The Morgan fingerprint density at radius 2 is 1.93 bits per heavy atom. The van der Waals surface area contributed by atoms with Gasteiger partial charge in [0.1, 0.15) is 18.2 Å². The number of hydrogen-bond acceptors (Lipinski definition) is 5. The number of nitrogens with two attached hydrogens (primary N) is 2. The molecule has 0 aliphatic heterocycles. The molecular formula is C33H40ClF2N7O. The predicted molar refractivity (Wildman–Crippen MR) is 176 cm³/mol. The molecule has 11 heteroatoms. The number of halogens is 3. The number of aromatic nitrogens is 3. The molecule has 0 bridgehead atoms. The van der Waals surface area contributed by atoms with Crippen LogP contribution in [-0.4, -0.2) is 46.2 Å². The lowest BCUT2D eigenvalue weighted by molar-refractivity contribution is 0.528. The molecule has 1 saturated carbocycles. The lowest BCUT2D eigenvalue weighted by atomic mass is 10.00. The number of benzene rings is 2. The third-order valence-corrected chi connectivity index (χ3v) is 7.90. The second-order valence-corrected chi connectivity index (χ2v) is 11.3. The fourth-order valence-electron chi connectivity index (χ4n) is 5.09. The van der Waals surface area contributed by atoms with Crippen molar-refractivity contribution in [3.63, 3.8) is 0 Å². The van der Waals surface area contributed by atoms with E-state index in [1.165, 1.54) is 17.4 Å². The van der Waals surface area contributed by atoms with Gasteiger partial charge in [0, 0.05) is 36.3 Å². The summed E-state index contributed by atoms with van der Waals surface area (Å²) in [6, 6.07) is 13.1. The summed E-state index contributed by atoms with van der Waals surface area (Å²) < 4.78 is 28.9. The van der Waals surface area contributed by atoms with Gasteiger partial charge in [-0.05, 0) is 92.4 Å². The van der Waals surface area contributed by atoms with E-state index in [9.17, 15) is 9.18 Å². The number of fused-ring (bicyclic) bond motifs is 1. The van der Waals surface area contributed by atoms with Gasteiger partial charge in [0.2, 0.25) is 0 Å². The van der Waals surface area contributed by atoms with E-state index in [2.05, 4.69) is 33.4 Å². The molecule has 5 rings (SSSR count). The summed E-state index contributed by atoms with van der Waals surface area (Å²) in [7, 11) is 0. The highest BCUT2D eigenvalue weighted by Gasteiger charge is 2.27. The van der Waals surface area contributed by atoms with E-state index in [1.54, 1.807) is 24.4 Å². The van der Waals surface area contributed by atoms with Gasteiger partial charge in [0.15, 0.2) is 5.82 Å². The maximum absolute atomic E-state index is 15.1. The van der Waals surface area contributed by atoms with Crippen LogP contribution < -0.4 is 22.5 Å². The number of nitrogens with zero attached hydrogens (tertiary/aromatic N) is 3. The second-order valence-electron chi connectivity index (χ2n) is 10.9. The molecule has 1 atom stereocenters. The molecule has 1 aliphatic carbocycles. The van der Waals surface area contributed by atoms with Gasteiger partial charge in [0.25, 0.3) is 0 Å². The number of hydrogen-bond donors (Lipinski definition) is 4. The van der Waals surface area contributed by atoms with Crippen molar-refractivity contribution in [1.82, 2.24) is 19.9 Å². The average molecular weight is 624 g/mol. The number of nitrogens with one attached hydrogen (secondary N) is 2. The molecule has 0 radical (unpaired) electrons. The number of aryl methyl sites for hydroxylation is 1. The minimum absolute atomic E-state index is 0.0192. The molecule has 1 unspecified atom stereocenters. The molecule has 1 aliphatic rings. The van der Waals surface area contributed by atoms with Crippen molar-refractivity contribution in [3.8, 4) is 16.9 Å². The van der Waals surface area contributed by atoms with Crippen molar-refractivity contribution >= 4 is 28.5 Å². The molecule has 2 aromatic carbocycles. The van der Waals surface area contributed by atoms with Crippen LogP contribution in [0.15, 0.2) is 71.6 Å². The van der Waals surface area contributed by atoms with Crippen LogP contribution in [0.3, 0.4) is 0 Å². The molecule has 0 spiro atoms. The van der Waals surface area contributed by atoms with Crippen LogP contribution >= 0.6 is 11.6 Å². The van der Waals surface area contributed by atoms with E-state index in [4.69, 9.17) is 23.1 Å². The zero-order valence-corrected chi connectivity index (χ0v) is 25.6. The van der Waals surface area contributed by atoms with E-state index >= 15 is 4.39 Å². The highest BCUT2D eigenvalue weighted by molar-refractivity contribution is 6.31. The zero-order chi connectivity index (χ0) is 31.6. The van der Waals surface area contributed by atoms with Crippen molar-refractivity contribution < 1.29 is 8.78 Å². The minimum atomic E-state index is -0.728. The summed E-state index contributed by atoms with van der Waals surface area (Å²) in [5.41, 5.74) is 15.0. The summed E-state index contributed by atoms with van der Waals surface area (Å²) in [5.74, 6) is 0.153. The topological polar surface area (TPSA) is 127 Å². The van der Waals surface area contributed by atoms with Crippen LogP contribution in [0.5, 0.6) is 0 Å². The maximum atomic E-state index is 15.1. The maximum Gasteiger partial charge on any atom is 0.354 e. The Balaban J connectivity index is 0.00000216. The van der Waals surface area contributed by atoms with Crippen LogP contribution in [0.2, 0.25) is 5.02 Å². The van der Waals surface area contributed by atoms with Gasteiger partial charge in [-0.3, -0.25) is 9.56 Å². The molecule has 2 aromatic heterocycles. The summed E-state index contributed by atoms with van der Waals surface area (Å²) in [6.07, 6.45) is 7.48. The van der Waals surface area contributed by atoms with Gasteiger partial charge in [-0.25, -0.2) is 13.6 Å². The third-order valence-electron chi connectivity index (χ3n) is 7.62. The van der Waals surface area contributed by atoms with Crippen molar-refractivity contribution in [3.05, 3.63) is 94.3 Å². The lowest BCUT2D eigenvalue weighted by Gasteiger charge is -2.11. The van der Waals surface area contributed by atoms with Crippen LogP contribution in [0.4, 0.5) is 8.78 Å². The normalized spacial score (nSPS) is 14.0. The fraction of sp³-hybridized carbons (Fsp3) is 0.364. The van der Waals surface area contributed by atoms with Crippen LogP contribution in [0, 0.1) is 11.7 Å². The largest absolute Gasteiger partial charge is 0.385 e.